The third-order valence-electron chi connectivity index (χ3n) is 7.90. The average Bonchev–Trinajstić information content (AvgIpc) is 2.89. The van der Waals surface area contributed by atoms with Crippen molar-refractivity contribution in [2.24, 2.45) is 0 Å². The van der Waals surface area contributed by atoms with Gasteiger partial charge in [-0.05, 0) is 55.1 Å². The lowest BCUT2D eigenvalue weighted by molar-refractivity contribution is 0.0194. The van der Waals surface area contributed by atoms with E-state index in [0.717, 1.165) is 72.6 Å². The summed E-state index contributed by atoms with van der Waals surface area (Å²) in [5.74, 6) is 3.63. The number of unbranched alkanes of at least 4 members (excludes halogenated alkanes) is 3. The fourth-order valence-electron chi connectivity index (χ4n) is 4.25. The van der Waals surface area contributed by atoms with Gasteiger partial charge in [0.1, 0.15) is 29.1 Å². The highest BCUT2D eigenvalue weighted by atomic mass is 28.4. The highest BCUT2D eigenvalue weighted by molar-refractivity contribution is 6.74. The van der Waals surface area contributed by atoms with Crippen molar-refractivity contribution in [3.8, 4) is 28.7 Å². The fourth-order valence-corrected chi connectivity index (χ4v) is 5.27. The molecule has 0 saturated heterocycles. The van der Waals surface area contributed by atoms with Gasteiger partial charge in [0.15, 0.2) is 5.75 Å². The number of hydrogen-bond acceptors (Lipinski definition) is 6. The molecule has 2 atom stereocenters. The Balaban J connectivity index is 1.95. The molecule has 1 aliphatic heterocycles. The average molecular weight is 573 g/mol. The van der Waals surface area contributed by atoms with Crippen LogP contribution in [0.4, 0.5) is 0 Å². The molecular formula is C33H52O6Si. The molecule has 2 aromatic carbocycles. The van der Waals surface area contributed by atoms with Gasteiger partial charge in [0.05, 0.1) is 25.9 Å². The summed E-state index contributed by atoms with van der Waals surface area (Å²) in [5, 5.41) is 11.4. The minimum Gasteiger partial charge on any atom is -0.541 e. The molecule has 0 aliphatic carbocycles. The molecule has 7 heteroatoms. The molecule has 0 aromatic heterocycles. The number of rotatable bonds is 15. The van der Waals surface area contributed by atoms with Crippen molar-refractivity contribution < 1.29 is 28.5 Å². The van der Waals surface area contributed by atoms with Gasteiger partial charge in [-0.1, -0.05) is 66.9 Å². The summed E-state index contributed by atoms with van der Waals surface area (Å²) in [7, 11) is -2.14. The Morgan fingerprint density at radius 2 is 1.43 bits per heavy atom. The second kappa shape index (κ2) is 14.5. The predicted molar refractivity (Wildman–Crippen MR) is 165 cm³/mol. The van der Waals surface area contributed by atoms with Crippen molar-refractivity contribution in [3.05, 3.63) is 41.5 Å². The topological polar surface area (TPSA) is 66.4 Å². The molecule has 0 amide bonds. The highest BCUT2D eigenvalue weighted by Crippen LogP contribution is 2.45. The third-order valence-corrected chi connectivity index (χ3v) is 12.2. The van der Waals surface area contributed by atoms with Crippen LogP contribution in [0.3, 0.4) is 0 Å². The second-order valence-electron chi connectivity index (χ2n) is 12.4. The SMILES string of the molecule is CCCCOc1cc(OCCCC)c2c(c1)O[C@H](c1ccc(OCCCC)c(O[Si](C)(C)C(C)(C)C)c1)[C@H](O)C2. The van der Waals surface area contributed by atoms with Crippen LogP contribution in [-0.2, 0) is 6.42 Å². The van der Waals surface area contributed by atoms with Crippen LogP contribution in [0, 0.1) is 0 Å². The fraction of sp³-hybridized carbons (Fsp3) is 0.636. The van der Waals surface area contributed by atoms with E-state index in [4.69, 9.17) is 23.4 Å². The maximum Gasteiger partial charge on any atom is 0.250 e. The smallest absolute Gasteiger partial charge is 0.250 e. The maximum absolute atomic E-state index is 11.3. The van der Waals surface area contributed by atoms with E-state index in [9.17, 15) is 5.11 Å². The largest absolute Gasteiger partial charge is 0.541 e. The molecule has 2 aromatic rings. The van der Waals surface area contributed by atoms with Gasteiger partial charge in [-0.2, -0.15) is 0 Å². The molecule has 1 heterocycles. The number of aliphatic hydroxyl groups excluding tert-OH is 1. The monoisotopic (exact) mass is 572 g/mol. The van der Waals surface area contributed by atoms with E-state index in [0.29, 0.717) is 32.0 Å². The summed E-state index contributed by atoms with van der Waals surface area (Å²) in [5.41, 5.74) is 1.75. The minimum absolute atomic E-state index is 0.0336. The summed E-state index contributed by atoms with van der Waals surface area (Å²) < 4.78 is 31.6. The van der Waals surface area contributed by atoms with E-state index >= 15 is 0 Å². The zero-order valence-electron chi connectivity index (χ0n) is 26.1. The first-order valence-corrected chi connectivity index (χ1v) is 18.1. The van der Waals surface area contributed by atoms with Gasteiger partial charge >= 0.3 is 0 Å². The Labute approximate surface area is 243 Å². The Morgan fingerprint density at radius 3 is 2.02 bits per heavy atom. The second-order valence-corrected chi connectivity index (χ2v) is 17.1. The van der Waals surface area contributed by atoms with Crippen LogP contribution in [0.2, 0.25) is 18.1 Å². The molecule has 1 N–H and O–H groups in total. The third kappa shape index (κ3) is 8.32. The Morgan fingerprint density at radius 1 is 0.825 bits per heavy atom. The summed E-state index contributed by atoms with van der Waals surface area (Å²) in [6.07, 6.45) is 5.25. The van der Waals surface area contributed by atoms with Crippen molar-refractivity contribution in [1.29, 1.82) is 0 Å². The molecule has 40 heavy (non-hydrogen) atoms. The molecule has 0 bridgehead atoms. The number of benzene rings is 2. The highest BCUT2D eigenvalue weighted by Gasteiger charge is 2.40. The van der Waals surface area contributed by atoms with Crippen molar-refractivity contribution in [3.63, 3.8) is 0 Å². The minimum atomic E-state index is -2.14. The number of ether oxygens (including phenoxy) is 4. The van der Waals surface area contributed by atoms with Gasteiger partial charge in [-0.3, -0.25) is 0 Å². The molecule has 0 fully saturated rings. The first-order valence-electron chi connectivity index (χ1n) is 15.2. The number of aliphatic hydroxyl groups is 1. The van der Waals surface area contributed by atoms with Crippen LogP contribution in [0.1, 0.15) is 97.3 Å². The summed E-state index contributed by atoms with van der Waals surface area (Å²) in [6, 6.07) is 9.82. The predicted octanol–water partition coefficient (Wildman–Crippen LogP) is 8.64. The quantitative estimate of drug-likeness (QED) is 0.170. The lowest BCUT2D eigenvalue weighted by atomic mass is 9.93. The lowest BCUT2D eigenvalue weighted by Gasteiger charge is -2.37. The Kier molecular flexibility index (Phi) is 11.6. The molecule has 0 radical (unpaired) electrons. The number of hydrogen-bond donors (Lipinski definition) is 1. The van der Waals surface area contributed by atoms with Crippen LogP contribution < -0.4 is 23.4 Å². The van der Waals surface area contributed by atoms with Crippen molar-refractivity contribution in [2.45, 2.75) is 117 Å². The Hall–Kier alpha value is -2.38. The van der Waals surface area contributed by atoms with Gasteiger partial charge in [-0.25, -0.2) is 0 Å². The Bertz CT molecular complexity index is 1080. The lowest BCUT2D eigenvalue weighted by Crippen LogP contribution is -2.44. The molecule has 224 valence electrons. The molecule has 0 unspecified atom stereocenters. The van der Waals surface area contributed by atoms with Gasteiger partial charge in [0.2, 0.25) is 0 Å². The number of fused-ring (bicyclic) bond motifs is 1. The molecule has 3 rings (SSSR count). The van der Waals surface area contributed by atoms with Gasteiger partial charge < -0.3 is 28.5 Å². The van der Waals surface area contributed by atoms with E-state index < -0.39 is 20.5 Å². The summed E-state index contributed by atoms with van der Waals surface area (Å²) in [4.78, 5) is 0. The van der Waals surface area contributed by atoms with Gasteiger partial charge in [0, 0.05) is 24.1 Å². The summed E-state index contributed by atoms with van der Waals surface area (Å²) >= 11 is 0. The molecule has 1 aliphatic rings. The van der Waals surface area contributed by atoms with Crippen molar-refractivity contribution in [2.75, 3.05) is 19.8 Å². The zero-order valence-corrected chi connectivity index (χ0v) is 27.1. The maximum atomic E-state index is 11.3. The van der Waals surface area contributed by atoms with E-state index in [1.807, 2.05) is 30.3 Å². The molecular weight excluding hydrogens is 520 g/mol. The van der Waals surface area contributed by atoms with Crippen LogP contribution in [0.5, 0.6) is 28.7 Å². The van der Waals surface area contributed by atoms with Gasteiger partial charge in [0.25, 0.3) is 8.32 Å². The molecule has 0 spiro atoms. The van der Waals surface area contributed by atoms with Crippen LogP contribution >= 0.6 is 0 Å². The van der Waals surface area contributed by atoms with Crippen LogP contribution in [0.25, 0.3) is 0 Å². The molecule has 6 nitrogen and oxygen atoms in total. The van der Waals surface area contributed by atoms with Crippen LogP contribution in [0.15, 0.2) is 30.3 Å². The van der Waals surface area contributed by atoms with E-state index in [-0.39, 0.29) is 5.04 Å². The van der Waals surface area contributed by atoms with E-state index in [1.54, 1.807) is 0 Å². The van der Waals surface area contributed by atoms with Crippen LogP contribution in [-0.4, -0.2) is 39.3 Å². The van der Waals surface area contributed by atoms with E-state index in [1.165, 1.54) is 0 Å². The van der Waals surface area contributed by atoms with Gasteiger partial charge in [-0.15, -0.1) is 0 Å². The standard InChI is InChI=1S/C33H52O6Si/c1-9-12-17-35-25-21-29(37-19-14-11-3)26-23-27(34)32(38-30(26)22-25)24-15-16-28(36-18-13-10-2)31(20-24)39-40(7,8)33(4,5)6/h15-16,20-22,27,32,34H,9-14,17-19,23H2,1-8H3/t27-,32-/m1/s1. The first kappa shape index (κ1) is 32.1. The first-order chi connectivity index (χ1) is 19.0. The van der Waals surface area contributed by atoms with Crippen molar-refractivity contribution >= 4 is 8.32 Å². The summed E-state index contributed by atoms with van der Waals surface area (Å²) in [6.45, 7) is 19.5. The zero-order chi connectivity index (χ0) is 29.3. The normalized spacial score (nSPS) is 17.1. The van der Waals surface area contributed by atoms with E-state index in [2.05, 4.69) is 54.6 Å². The van der Waals surface area contributed by atoms with Crippen molar-refractivity contribution in [1.82, 2.24) is 0 Å². The molecule has 0 saturated carbocycles.